The molecule has 0 saturated heterocycles. The molecule has 1 heterocycles. The Bertz CT molecular complexity index is 333. The van der Waals surface area contributed by atoms with Crippen molar-refractivity contribution in [2.45, 2.75) is 58.3 Å². The van der Waals surface area contributed by atoms with Gasteiger partial charge in [0.25, 0.3) is 0 Å². The lowest BCUT2D eigenvalue weighted by Gasteiger charge is -2.01. The summed E-state index contributed by atoms with van der Waals surface area (Å²) in [6.45, 7) is 2.23. The lowest BCUT2D eigenvalue weighted by Crippen LogP contribution is -1.97. The van der Waals surface area contributed by atoms with Crippen molar-refractivity contribution in [3.63, 3.8) is 0 Å². The van der Waals surface area contributed by atoms with Gasteiger partial charge in [-0.2, -0.15) is 11.3 Å². The maximum atomic E-state index is 11.8. The summed E-state index contributed by atoms with van der Waals surface area (Å²) >= 11 is 4.99. The molecular formula is C14H21BrOS. The van der Waals surface area contributed by atoms with Gasteiger partial charge in [0.05, 0.1) is 0 Å². The van der Waals surface area contributed by atoms with Gasteiger partial charge in [-0.25, -0.2) is 0 Å². The molecule has 0 aromatic carbocycles. The number of ketones is 1. The molecule has 17 heavy (non-hydrogen) atoms. The molecule has 0 aliphatic rings. The molecule has 1 nitrogen and oxygen atoms in total. The topological polar surface area (TPSA) is 17.1 Å². The van der Waals surface area contributed by atoms with E-state index < -0.39 is 0 Å². The van der Waals surface area contributed by atoms with Crippen LogP contribution in [-0.2, 0) is 0 Å². The highest BCUT2D eigenvalue weighted by molar-refractivity contribution is 9.10. The van der Waals surface area contributed by atoms with Crippen LogP contribution in [0.5, 0.6) is 0 Å². The number of carbonyl (C=O) groups is 1. The molecule has 0 bridgehead atoms. The van der Waals surface area contributed by atoms with E-state index in [0.29, 0.717) is 6.42 Å². The number of hydrogen-bond donors (Lipinski definition) is 0. The van der Waals surface area contributed by atoms with E-state index in [1.807, 2.05) is 10.8 Å². The molecule has 1 rings (SSSR count). The van der Waals surface area contributed by atoms with E-state index in [-0.39, 0.29) is 5.78 Å². The number of rotatable bonds is 9. The fourth-order valence-electron chi connectivity index (χ4n) is 1.86. The SMILES string of the molecule is CCCCCCCCCC(=O)c1cscc1Br. The minimum absolute atomic E-state index is 0.284. The smallest absolute Gasteiger partial charge is 0.164 e. The number of unbranched alkanes of at least 4 members (excludes halogenated alkanes) is 6. The molecule has 0 atom stereocenters. The molecule has 0 saturated carbocycles. The molecule has 1 aromatic heterocycles. The van der Waals surface area contributed by atoms with Gasteiger partial charge in [-0.05, 0) is 22.4 Å². The highest BCUT2D eigenvalue weighted by Crippen LogP contribution is 2.23. The van der Waals surface area contributed by atoms with E-state index in [0.717, 1.165) is 16.5 Å². The van der Waals surface area contributed by atoms with Crippen LogP contribution in [-0.4, -0.2) is 5.78 Å². The number of hydrogen-bond acceptors (Lipinski definition) is 2. The fourth-order valence-corrected chi connectivity index (χ4v) is 3.38. The Kier molecular flexibility index (Phi) is 7.78. The van der Waals surface area contributed by atoms with Crippen LogP contribution in [0.25, 0.3) is 0 Å². The zero-order chi connectivity index (χ0) is 12.5. The molecular weight excluding hydrogens is 296 g/mol. The molecule has 0 radical (unpaired) electrons. The van der Waals surface area contributed by atoms with Gasteiger partial charge in [0.1, 0.15) is 0 Å². The molecule has 96 valence electrons. The summed E-state index contributed by atoms with van der Waals surface area (Å²) in [6, 6.07) is 0. The monoisotopic (exact) mass is 316 g/mol. The zero-order valence-electron chi connectivity index (χ0n) is 10.5. The number of halogens is 1. The second-order valence-electron chi connectivity index (χ2n) is 4.43. The maximum absolute atomic E-state index is 11.8. The molecule has 0 aliphatic carbocycles. The second-order valence-corrected chi connectivity index (χ2v) is 6.03. The van der Waals surface area contributed by atoms with Crippen LogP contribution in [0, 0.1) is 0 Å². The Hall–Kier alpha value is -0.150. The van der Waals surface area contributed by atoms with Gasteiger partial charge < -0.3 is 0 Å². The minimum atomic E-state index is 0.284. The molecule has 0 unspecified atom stereocenters. The van der Waals surface area contributed by atoms with Crippen molar-refractivity contribution in [2.24, 2.45) is 0 Å². The molecule has 0 aliphatic heterocycles. The van der Waals surface area contributed by atoms with Crippen molar-refractivity contribution in [3.8, 4) is 0 Å². The van der Waals surface area contributed by atoms with Crippen molar-refractivity contribution in [1.82, 2.24) is 0 Å². The van der Waals surface area contributed by atoms with E-state index in [2.05, 4.69) is 22.9 Å². The van der Waals surface area contributed by atoms with E-state index in [4.69, 9.17) is 0 Å². The maximum Gasteiger partial charge on any atom is 0.164 e. The average Bonchev–Trinajstić information content (AvgIpc) is 2.74. The van der Waals surface area contributed by atoms with E-state index in [1.165, 1.54) is 38.5 Å². The zero-order valence-corrected chi connectivity index (χ0v) is 12.9. The van der Waals surface area contributed by atoms with E-state index in [9.17, 15) is 4.79 Å². The van der Waals surface area contributed by atoms with Gasteiger partial charge in [0.15, 0.2) is 5.78 Å². The van der Waals surface area contributed by atoms with Crippen molar-refractivity contribution in [3.05, 3.63) is 20.8 Å². The largest absolute Gasteiger partial charge is 0.294 e. The van der Waals surface area contributed by atoms with Crippen molar-refractivity contribution >= 4 is 33.0 Å². The molecule has 3 heteroatoms. The van der Waals surface area contributed by atoms with Crippen LogP contribution in [0.2, 0.25) is 0 Å². The Labute approximate surface area is 117 Å². The fraction of sp³-hybridized carbons (Fsp3) is 0.643. The van der Waals surface area contributed by atoms with Crippen LogP contribution < -0.4 is 0 Å². The normalized spacial score (nSPS) is 10.7. The van der Waals surface area contributed by atoms with Gasteiger partial charge in [-0.1, -0.05) is 45.4 Å². The molecule has 0 spiro atoms. The summed E-state index contributed by atoms with van der Waals surface area (Å²) in [5.74, 6) is 0.284. The molecule has 0 N–H and O–H groups in total. The Morgan fingerprint density at radius 2 is 1.76 bits per heavy atom. The first kappa shape index (κ1) is 14.9. The second kappa shape index (κ2) is 8.87. The Morgan fingerprint density at radius 3 is 2.35 bits per heavy atom. The predicted molar refractivity (Wildman–Crippen MR) is 79.0 cm³/mol. The highest BCUT2D eigenvalue weighted by atomic mass is 79.9. The Morgan fingerprint density at radius 1 is 1.12 bits per heavy atom. The minimum Gasteiger partial charge on any atom is -0.294 e. The first-order chi connectivity index (χ1) is 8.25. The summed E-state index contributed by atoms with van der Waals surface area (Å²) in [6.07, 6.45) is 9.52. The quantitative estimate of drug-likeness (QED) is 0.413. The number of Topliss-reactive ketones (excluding diaryl/α,β-unsaturated/α-hetero) is 1. The van der Waals surface area contributed by atoms with E-state index in [1.54, 1.807) is 11.3 Å². The van der Waals surface area contributed by atoms with Crippen LogP contribution in [0.1, 0.15) is 68.6 Å². The third kappa shape index (κ3) is 5.82. The summed E-state index contributed by atoms with van der Waals surface area (Å²) in [4.78, 5) is 11.8. The number of carbonyl (C=O) groups excluding carboxylic acids is 1. The third-order valence-corrected chi connectivity index (χ3v) is 4.63. The van der Waals surface area contributed by atoms with Crippen LogP contribution >= 0.6 is 27.3 Å². The van der Waals surface area contributed by atoms with E-state index >= 15 is 0 Å². The first-order valence-corrected chi connectivity index (χ1v) is 8.24. The van der Waals surface area contributed by atoms with Gasteiger partial charge in [-0.3, -0.25) is 4.79 Å². The lowest BCUT2D eigenvalue weighted by atomic mass is 10.0. The van der Waals surface area contributed by atoms with Gasteiger partial charge in [0.2, 0.25) is 0 Å². The molecule has 0 amide bonds. The number of thiophene rings is 1. The molecule has 1 aromatic rings. The van der Waals surface area contributed by atoms with Gasteiger partial charge >= 0.3 is 0 Å². The Balaban J connectivity index is 2.07. The van der Waals surface area contributed by atoms with Crippen molar-refractivity contribution in [1.29, 1.82) is 0 Å². The molecule has 0 fully saturated rings. The van der Waals surface area contributed by atoms with Crippen LogP contribution in [0.3, 0.4) is 0 Å². The van der Waals surface area contributed by atoms with Crippen molar-refractivity contribution < 1.29 is 4.79 Å². The predicted octanol–water partition coefficient (Wildman–Crippen LogP) is 5.83. The standard InChI is InChI=1S/C14H21BrOS/c1-2-3-4-5-6-7-8-9-14(16)12-10-17-11-13(12)15/h10-11H,2-9H2,1H3. The summed E-state index contributed by atoms with van der Waals surface area (Å²) in [7, 11) is 0. The highest BCUT2D eigenvalue weighted by Gasteiger charge is 2.09. The average molecular weight is 317 g/mol. The van der Waals surface area contributed by atoms with Gasteiger partial charge in [-0.15, -0.1) is 0 Å². The third-order valence-electron chi connectivity index (χ3n) is 2.92. The van der Waals surface area contributed by atoms with Crippen molar-refractivity contribution in [2.75, 3.05) is 0 Å². The van der Waals surface area contributed by atoms with Crippen LogP contribution in [0.4, 0.5) is 0 Å². The first-order valence-electron chi connectivity index (χ1n) is 6.50. The van der Waals surface area contributed by atoms with Crippen LogP contribution in [0.15, 0.2) is 15.2 Å². The summed E-state index contributed by atoms with van der Waals surface area (Å²) in [5.41, 5.74) is 0.862. The lowest BCUT2D eigenvalue weighted by molar-refractivity contribution is 0.0979. The van der Waals surface area contributed by atoms with Gasteiger partial charge in [0, 0.05) is 27.2 Å². The summed E-state index contributed by atoms with van der Waals surface area (Å²) in [5, 5.41) is 3.91. The summed E-state index contributed by atoms with van der Waals surface area (Å²) < 4.78 is 0.954.